The van der Waals surface area contributed by atoms with Gasteiger partial charge in [-0.05, 0) is 74.2 Å². The first-order valence-corrected chi connectivity index (χ1v) is 13.4. The lowest BCUT2D eigenvalue weighted by Gasteiger charge is -2.29. The van der Waals surface area contributed by atoms with Crippen LogP contribution in [-0.2, 0) is 21.4 Å². The smallest absolute Gasteiger partial charge is 0.308 e. The van der Waals surface area contributed by atoms with E-state index in [9.17, 15) is 14.7 Å². The van der Waals surface area contributed by atoms with Gasteiger partial charge in [0.05, 0.1) is 11.3 Å². The van der Waals surface area contributed by atoms with E-state index in [4.69, 9.17) is 0 Å². The molecule has 4 rings (SSSR count). The number of carboxylic acid groups (broad SMARTS) is 1. The van der Waals surface area contributed by atoms with Crippen LogP contribution in [0.3, 0.4) is 0 Å². The standard InChI is InChI=1S/C30H40N2O3/c1-3-24(28(33)34)21-31-29(35)30(17-4-5-18-30)27-14-12-26(13-15-27)25-10-8-23(9-11-25)16-20-32-19-6-7-22(32)2/h8-15,22,24H,3-7,16-21H2,1-2H3,(H,31,35)(H,33,34)/t22?,24-/m1/s1. The van der Waals surface area contributed by atoms with Gasteiger partial charge in [-0.1, -0.05) is 68.3 Å². The van der Waals surface area contributed by atoms with Gasteiger partial charge in [0, 0.05) is 19.1 Å². The van der Waals surface area contributed by atoms with Gasteiger partial charge in [0.15, 0.2) is 0 Å². The molecule has 188 valence electrons. The van der Waals surface area contributed by atoms with Gasteiger partial charge in [-0.3, -0.25) is 9.59 Å². The molecule has 1 saturated heterocycles. The summed E-state index contributed by atoms with van der Waals surface area (Å²) < 4.78 is 0. The zero-order chi connectivity index (χ0) is 24.8. The number of carbonyl (C=O) groups excluding carboxylic acids is 1. The largest absolute Gasteiger partial charge is 0.481 e. The summed E-state index contributed by atoms with van der Waals surface area (Å²) in [5, 5.41) is 12.3. The van der Waals surface area contributed by atoms with Gasteiger partial charge < -0.3 is 15.3 Å². The molecule has 5 nitrogen and oxygen atoms in total. The third kappa shape index (κ3) is 5.78. The van der Waals surface area contributed by atoms with Crippen molar-refractivity contribution in [2.24, 2.45) is 5.92 Å². The quantitative estimate of drug-likeness (QED) is 0.480. The van der Waals surface area contributed by atoms with Crippen molar-refractivity contribution in [3.63, 3.8) is 0 Å². The van der Waals surface area contributed by atoms with Crippen molar-refractivity contribution in [3.05, 3.63) is 59.7 Å². The van der Waals surface area contributed by atoms with E-state index in [1.807, 2.05) is 6.92 Å². The molecule has 5 heteroatoms. The van der Waals surface area contributed by atoms with Crippen molar-refractivity contribution in [1.29, 1.82) is 0 Å². The fourth-order valence-corrected chi connectivity index (χ4v) is 5.86. The maximum Gasteiger partial charge on any atom is 0.308 e. The first-order valence-electron chi connectivity index (χ1n) is 13.4. The molecule has 2 aromatic carbocycles. The highest BCUT2D eigenvalue weighted by Gasteiger charge is 2.42. The van der Waals surface area contributed by atoms with Gasteiger partial charge >= 0.3 is 5.97 Å². The van der Waals surface area contributed by atoms with Crippen molar-refractivity contribution in [2.45, 2.75) is 76.7 Å². The third-order valence-electron chi connectivity index (χ3n) is 8.35. The van der Waals surface area contributed by atoms with Crippen LogP contribution in [0.1, 0.15) is 69.9 Å². The number of likely N-dealkylation sites (tertiary alicyclic amines) is 1. The van der Waals surface area contributed by atoms with Crippen LogP contribution in [0, 0.1) is 5.92 Å². The maximum atomic E-state index is 13.3. The molecular formula is C30H40N2O3. The molecule has 1 aliphatic carbocycles. The molecule has 2 N–H and O–H groups in total. The van der Waals surface area contributed by atoms with E-state index in [2.05, 4.69) is 65.7 Å². The molecule has 1 amide bonds. The van der Waals surface area contributed by atoms with E-state index in [1.54, 1.807) is 0 Å². The molecule has 2 atom stereocenters. The summed E-state index contributed by atoms with van der Waals surface area (Å²) in [6.07, 6.45) is 7.89. The van der Waals surface area contributed by atoms with E-state index >= 15 is 0 Å². The lowest BCUT2D eigenvalue weighted by atomic mass is 9.77. The van der Waals surface area contributed by atoms with Gasteiger partial charge in [0.2, 0.25) is 5.91 Å². The zero-order valence-corrected chi connectivity index (χ0v) is 21.3. The van der Waals surface area contributed by atoms with E-state index < -0.39 is 17.3 Å². The average molecular weight is 477 g/mol. The SMILES string of the molecule is CC[C@H](CNC(=O)C1(c2ccc(-c3ccc(CCN4CCCC4C)cc3)cc2)CCCC1)C(=O)O. The number of aliphatic carboxylic acids is 1. The van der Waals surface area contributed by atoms with E-state index in [-0.39, 0.29) is 12.5 Å². The number of carbonyl (C=O) groups is 2. The number of hydrogen-bond donors (Lipinski definition) is 2. The molecule has 1 saturated carbocycles. The molecule has 0 spiro atoms. The normalized spacial score (nSPS) is 20.6. The predicted molar refractivity (Wildman–Crippen MR) is 140 cm³/mol. The van der Waals surface area contributed by atoms with Gasteiger partial charge in [-0.15, -0.1) is 0 Å². The van der Waals surface area contributed by atoms with E-state index in [0.717, 1.165) is 49.8 Å². The van der Waals surface area contributed by atoms with Crippen molar-refractivity contribution in [3.8, 4) is 11.1 Å². The molecule has 1 heterocycles. The highest BCUT2D eigenvalue weighted by atomic mass is 16.4. The number of amides is 1. The fraction of sp³-hybridized carbons (Fsp3) is 0.533. The second kappa shape index (κ2) is 11.4. The van der Waals surface area contributed by atoms with Crippen LogP contribution < -0.4 is 5.32 Å². The summed E-state index contributed by atoms with van der Waals surface area (Å²) in [5.41, 5.74) is 4.20. The molecule has 1 aliphatic heterocycles. The molecular weight excluding hydrogens is 436 g/mol. The topological polar surface area (TPSA) is 69.6 Å². The molecule has 2 aliphatic rings. The Hall–Kier alpha value is -2.66. The molecule has 35 heavy (non-hydrogen) atoms. The Kier molecular flexibility index (Phi) is 8.27. The van der Waals surface area contributed by atoms with Crippen LogP contribution in [0.15, 0.2) is 48.5 Å². The van der Waals surface area contributed by atoms with Crippen molar-refractivity contribution >= 4 is 11.9 Å². The van der Waals surface area contributed by atoms with Crippen molar-refractivity contribution in [2.75, 3.05) is 19.6 Å². The lowest BCUT2D eigenvalue weighted by molar-refractivity contribution is -0.141. The summed E-state index contributed by atoms with van der Waals surface area (Å²) in [5.74, 6) is -1.42. The predicted octanol–water partition coefficient (Wildman–Crippen LogP) is 5.42. The van der Waals surface area contributed by atoms with Gasteiger partial charge in [-0.25, -0.2) is 0 Å². The number of hydrogen-bond acceptors (Lipinski definition) is 3. The molecule has 2 aromatic rings. The van der Waals surface area contributed by atoms with Crippen LogP contribution >= 0.6 is 0 Å². The van der Waals surface area contributed by atoms with Crippen LogP contribution in [0.25, 0.3) is 11.1 Å². The van der Waals surface area contributed by atoms with E-state index in [0.29, 0.717) is 12.5 Å². The monoisotopic (exact) mass is 476 g/mol. The number of nitrogens with zero attached hydrogens (tertiary/aromatic N) is 1. The van der Waals surface area contributed by atoms with Crippen LogP contribution in [0.2, 0.25) is 0 Å². The third-order valence-corrected chi connectivity index (χ3v) is 8.35. The molecule has 1 unspecified atom stereocenters. The van der Waals surface area contributed by atoms with Gasteiger partial charge in [0.1, 0.15) is 0 Å². The number of nitrogens with one attached hydrogen (secondary N) is 1. The van der Waals surface area contributed by atoms with Gasteiger partial charge in [0.25, 0.3) is 0 Å². The first-order chi connectivity index (χ1) is 16.9. The fourth-order valence-electron chi connectivity index (χ4n) is 5.86. The minimum atomic E-state index is -0.853. The zero-order valence-electron chi connectivity index (χ0n) is 21.3. The van der Waals surface area contributed by atoms with Gasteiger partial charge in [-0.2, -0.15) is 0 Å². The Morgan fingerprint density at radius 1 is 1.03 bits per heavy atom. The summed E-state index contributed by atoms with van der Waals surface area (Å²) in [7, 11) is 0. The second-order valence-corrected chi connectivity index (χ2v) is 10.5. The highest BCUT2D eigenvalue weighted by molar-refractivity contribution is 5.89. The Balaban J connectivity index is 1.42. The molecule has 0 radical (unpaired) electrons. The first kappa shape index (κ1) is 25.4. The number of benzene rings is 2. The van der Waals surface area contributed by atoms with Crippen LogP contribution in [-0.4, -0.2) is 47.6 Å². The molecule has 0 bridgehead atoms. The Morgan fingerprint density at radius 3 is 2.20 bits per heavy atom. The molecule has 0 aromatic heterocycles. The Bertz CT molecular complexity index is 993. The summed E-state index contributed by atoms with van der Waals surface area (Å²) >= 11 is 0. The number of rotatable bonds is 10. The second-order valence-electron chi connectivity index (χ2n) is 10.5. The van der Waals surface area contributed by atoms with Crippen molar-refractivity contribution < 1.29 is 14.7 Å². The lowest BCUT2D eigenvalue weighted by Crippen LogP contribution is -2.45. The van der Waals surface area contributed by atoms with E-state index in [1.165, 1.54) is 30.5 Å². The minimum absolute atomic E-state index is 0.0286. The van der Waals surface area contributed by atoms with Crippen molar-refractivity contribution in [1.82, 2.24) is 10.2 Å². The van der Waals surface area contributed by atoms with Crippen LogP contribution in [0.4, 0.5) is 0 Å². The van der Waals surface area contributed by atoms with Crippen LogP contribution in [0.5, 0.6) is 0 Å². The molecule has 2 fully saturated rings. The Morgan fingerprint density at radius 2 is 1.66 bits per heavy atom. The summed E-state index contributed by atoms with van der Waals surface area (Å²) in [4.78, 5) is 27.2. The average Bonchev–Trinajstić information content (AvgIpc) is 3.53. The summed E-state index contributed by atoms with van der Waals surface area (Å²) in [6.45, 7) is 6.72. The maximum absolute atomic E-state index is 13.3. The minimum Gasteiger partial charge on any atom is -0.481 e. The summed E-state index contributed by atoms with van der Waals surface area (Å²) in [6, 6.07) is 18.0. The Labute approximate surface area is 209 Å². The highest BCUT2D eigenvalue weighted by Crippen LogP contribution is 2.42. The number of carboxylic acids is 1.